The first-order valence-electron chi connectivity index (χ1n) is 4.84. The van der Waals surface area contributed by atoms with Crippen LogP contribution in [0.25, 0.3) is 0 Å². The summed E-state index contributed by atoms with van der Waals surface area (Å²) in [6.07, 6.45) is 1.05. The Morgan fingerprint density at radius 1 is 1.36 bits per heavy atom. The molecule has 3 heteroatoms. The minimum Gasteiger partial charge on any atom is -0.386 e. The smallest absolute Gasteiger partial charge is 0.109 e. The van der Waals surface area contributed by atoms with E-state index in [9.17, 15) is 0 Å². The number of azo groups is 1. The summed E-state index contributed by atoms with van der Waals surface area (Å²) < 4.78 is 0. The van der Waals surface area contributed by atoms with Crippen LogP contribution in [0.4, 0.5) is 11.4 Å². The first kappa shape index (κ1) is 10.7. The lowest BCUT2D eigenvalue weighted by atomic mass is 10.0. The van der Waals surface area contributed by atoms with E-state index in [-0.39, 0.29) is 0 Å². The van der Waals surface area contributed by atoms with Gasteiger partial charge < -0.3 is 5.32 Å². The van der Waals surface area contributed by atoms with Crippen LogP contribution in [0.15, 0.2) is 22.4 Å². The van der Waals surface area contributed by atoms with E-state index in [0.29, 0.717) is 0 Å². The van der Waals surface area contributed by atoms with E-state index < -0.39 is 0 Å². The highest BCUT2D eigenvalue weighted by molar-refractivity contribution is 5.67. The van der Waals surface area contributed by atoms with E-state index in [1.54, 1.807) is 7.05 Å². The third-order valence-corrected chi connectivity index (χ3v) is 2.31. The molecule has 1 aromatic rings. The fraction of sp³-hybridized carbons (Fsp3) is 0.455. The lowest BCUT2D eigenvalue weighted by Crippen LogP contribution is -1.93. The van der Waals surface area contributed by atoms with Crippen LogP contribution in [0.5, 0.6) is 0 Å². The summed E-state index contributed by atoms with van der Waals surface area (Å²) in [5.74, 6) is 0. The highest BCUT2D eigenvalue weighted by atomic mass is 15.1. The van der Waals surface area contributed by atoms with Crippen molar-refractivity contribution in [3.8, 4) is 0 Å². The second kappa shape index (κ2) is 4.74. The fourth-order valence-corrected chi connectivity index (χ4v) is 1.51. The van der Waals surface area contributed by atoms with Crippen LogP contribution < -0.4 is 5.32 Å². The van der Waals surface area contributed by atoms with Gasteiger partial charge in [-0.1, -0.05) is 6.92 Å². The van der Waals surface area contributed by atoms with Crippen LogP contribution in [0, 0.1) is 6.92 Å². The Morgan fingerprint density at radius 3 is 2.57 bits per heavy atom. The van der Waals surface area contributed by atoms with Crippen LogP contribution >= 0.6 is 0 Å². The van der Waals surface area contributed by atoms with Gasteiger partial charge in [-0.15, -0.1) is 0 Å². The molecule has 0 bridgehead atoms. The second-order valence-electron chi connectivity index (χ2n) is 3.20. The lowest BCUT2D eigenvalue weighted by molar-refractivity contribution is 1.10. The molecule has 0 aromatic heterocycles. The summed E-state index contributed by atoms with van der Waals surface area (Å²) in [5, 5.41) is 11.0. The predicted molar refractivity (Wildman–Crippen MR) is 60.5 cm³/mol. The zero-order chi connectivity index (χ0) is 10.6. The minimum absolute atomic E-state index is 0.907. The van der Waals surface area contributed by atoms with Crippen molar-refractivity contribution in [3.05, 3.63) is 23.3 Å². The Balaban J connectivity index is 3.24. The molecule has 3 nitrogen and oxygen atoms in total. The zero-order valence-electron chi connectivity index (χ0n) is 9.26. The van der Waals surface area contributed by atoms with Crippen molar-refractivity contribution in [1.82, 2.24) is 0 Å². The molecular formula is C11H17N3. The molecule has 0 saturated carbocycles. The van der Waals surface area contributed by atoms with Crippen molar-refractivity contribution in [2.75, 3.05) is 19.4 Å². The molecule has 1 aromatic carbocycles. The van der Waals surface area contributed by atoms with Gasteiger partial charge in [0.2, 0.25) is 0 Å². The van der Waals surface area contributed by atoms with Gasteiger partial charge in [0, 0.05) is 14.1 Å². The Labute approximate surface area is 85.3 Å². The second-order valence-corrected chi connectivity index (χ2v) is 3.20. The average molecular weight is 191 g/mol. The van der Waals surface area contributed by atoms with E-state index in [0.717, 1.165) is 17.8 Å². The van der Waals surface area contributed by atoms with E-state index in [4.69, 9.17) is 0 Å². The van der Waals surface area contributed by atoms with E-state index in [2.05, 4.69) is 41.5 Å². The van der Waals surface area contributed by atoms with Gasteiger partial charge in [-0.3, -0.25) is 0 Å². The number of aryl methyl sites for hydroxylation is 2. The van der Waals surface area contributed by atoms with Crippen molar-refractivity contribution in [2.24, 2.45) is 10.2 Å². The molecular weight excluding hydrogens is 174 g/mol. The van der Waals surface area contributed by atoms with Crippen molar-refractivity contribution in [3.63, 3.8) is 0 Å². The number of nitrogens with one attached hydrogen (secondary N) is 1. The number of nitrogens with zero attached hydrogens (tertiary/aromatic N) is 2. The quantitative estimate of drug-likeness (QED) is 0.731. The van der Waals surface area contributed by atoms with Crippen molar-refractivity contribution >= 4 is 11.4 Å². The molecule has 0 saturated heterocycles. The van der Waals surface area contributed by atoms with Crippen LogP contribution in [-0.2, 0) is 6.42 Å². The maximum Gasteiger partial charge on any atom is 0.109 e. The molecule has 0 atom stereocenters. The Morgan fingerprint density at radius 2 is 2.07 bits per heavy atom. The maximum absolute atomic E-state index is 4.08. The summed E-state index contributed by atoms with van der Waals surface area (Å²) >= 11 is 0. The summed E-state index contributed by atoms with van der Waals surface area (Å²) in [4.78, 5) is 0. The number of hydrogen-bond acceptors (Lipinski definition) is 3. The van der Waals surface area contributed by atoms with Gasteiger partial charge in [0.15, 0.2) is 0 Å². The van der Waals surface area contributed by atoms with Crippen LogP contribution in [-0.4, -0.2) is 14.1 Å². The molecule has 0 unspecified atom stereocenters. The highest BCUT2D eigenvalue weighted by Crippen LogP contribution is 2.28. The first-order valence-corrected chi connectivity index (χ1v) is 4.84. The molecule has 1 rings (SSSR count). The Bertz CT molecular complexity index is 343. The molecule has 0 aliphatic carbocycles. The third kappa shape index (κ3) is 2.10. The van der Waals surface area contributed by atoms with Crippen LogP contribution in [0.1, 0.15) is 18.1 Å². The molecule has 0 aliphatic rings. The summed E-state index contributed by atoms with van der Waals surface area (Å²) in [7, 11) is 3.58. The molecule has 0 radical (unpaired) electrons. The molecule has 0 spiro atoms. The Hall–Kier alpha value is -1.38. The number of benzene rings is 1. The number of hydrogen-bond donors (Lipinski definition) is 1. The average Bonchev–Trinajstić information content (AvgIpc) is 2.19. The molecule has 14 heavy (non-hydrogen) atoms. The van der Waals surface area contributed by atoms with Gasteiger partial charge in [-0.25, -0.2) is 0 Å². The molecule has 76 valence electrons. The largest absolute Gasteiger partial charge is 0.386 e. The van der Waals surface area contributed by atoms with E-state index in [1.807, 2.05) is 7.05 Å². The van der Waals surface area contributed by atoms with Gasteiger partial charge in [0.05, 0.1) is 5.69 Å². The van der Waals surface area contributed by atoms with Gasteiger partial charge in [-0.05, 0) is 36.6 Å². The van der Waals surface area contributed by atoms with Gasteiger partial charge in [0.1, 0.15) is 5.69 Å². The lowest BCUT2D eigenvalue weighted by Gasteiger charge is -2.09. The molecule has 0 fully saturated rings. The normalized spacial score (nSPS) is 10.9. The van der Waals surface area contributed by atoms with Gasteiger partial charge in [0.25, 0.3) is 0 Å². The minimum atomic E-state index is 0.907. The Kier molecular flexibility index (Phi) is 3.63. The topological polar surface area (TPSA) is 36.8 Å². The standard InChI is InChI=1S/C11H17N3/c1-5-9-7-10(12-3)11(14-13-4)6-8(9)2/h6-7,12H,5H2,1-4H3. The first-order chi connectivity index (χ1) is 6.72. The van der Waals surface area contributed by atoms with Gasteiger partial charge >= 0.3 is 0 Å². The molecule has 0 aliphatic heterocycles. The van der Waals surface area contributed by atoms with Crippen LogP contribution in [0.3, 0.4) is 0 Å². The van der Waals surface area contributed by atoms with E-state index >= 15 is 0 Å². The maximum atomic E-state index is 4.08. The van der Waals surface area contributed by atoms with Gasteiger partial charge in [-0.2, -0.15) is 10.2 Å². The molecule has 1 N–H and O–H groups in total. The molecule has 0 heterocycles. The summed E-state index contributed by atoms with van der Waals surface area (Å²) in [6.45, 7) is 4.26. The molecule has 0 amide bonds. The van der Waals surface area contributed by atoms with E-state index in [1.165, 1.54) is 11.1 Å². The SMILES string of the molecule is CCc1cc(NC)c(N=NC)cc1C. The van der Waals surface area contributed by atoms with Crippen molar-refractivity contribution < 1.29 is 0 Å². The third-order valence-electron chi connectivity index (χ3n) is 2.31. The monoisotopic (exact) mass is 191 g/mol. The predicted octanol–water partition coefficient (Wildman–Crippen LogP) is 3.31. The fourth-order valence-electron chi connectivity index (χ4n) is 1.51. The summed E-state index contributed by atoms with van der Waals surface area (Å²) in [5.41, 5.74) is 4.57. The van der Waals surface area contributed by atoms with Crippen molar-refractivity contribution in [2.45, 2.75) is 20.3 Å². The van der Waals surface area contributed by atoms with Crippen LogP contribution in [0.2, 0.25) is 0 Å². The van der Waals surface area contributed by atoms with Crippen molar-refractivity contribution in [1.29, 1.82) is 0 Å². The summed E-state index contributed by atoms with van der Waals surface area (Å²) in [6, 6.07) is 4.21. The number of anilines is 1. The zero-order valence-corrected chi connectivity index (χ0v) is 9.26. The number of rotatable bonds is 3. The highest BCUT2D eigenvalue weighted by Gasteiger charge is 2.04.